The average Bonchev–Trinajstić information content (AvgIpc) is 2.97. The van der Waals surface area contributed by atoms with Gasteiger partial charge in [0.15, 0.2) is 11.5 Å². The summed E-state index contributed by atoms with van der Waals surface area (Å²) in [7, 11) is 1.62. The smallest absolute Gasteiger partial charge is 0.161 e. The summed E-state index contributed by atoms with van der Waals surface area (Å²) < 4.78 is 13.1. The average molecular weight is 375 g/mol. The number of rotatable bonds is 11. The molecule has 0 aliphatic carbocycles. The Morgan fingerprint density at radius 3 is 2.74 bits per heavy atom. The molecule has 27 heavy (non-hydrogen) atoms. The molecule has 0 fully saturated rings. The van der Waals surface area contributed by atoms with Crippen LogP contribution in [0.1, 0.15) is 30.3 Å². The van der Waals surface area contributed by atoms with Crippen LogP contribution >= 0.6 is 0 Å². The van der Waals surface area contributed by atoms with E-state index >= 15 is 0 Å². The van der Waals surface area contributed by atoms with Crippen LogP contribution in [0.5, 0.6) is 11.5 Å². The summed E-state index contributed by atoms with van der Waals surface area (Å²) in [5, 5.41) is 16.7. The van der Waals surface area contributed by atoms with Crippen LogP contribution in [0.25, 0.3) is 6.08 Å². The number of hydrogen-bond acceptors (Lipinski definition) is 4. The van der Waals surface area contributed by atoms with Gasteiger partial charge in [-0.3, -0.25) is 4.68 Å². The van der Waals surface area contributed by atoms with Gasteiger partial charge in [0.05, 0.1) is 19.3 Å². The van der Waals surface area contributed by atoms with E-state index in [0.717, 1.165) is 30.8 Å². The first kappa shape index (κ1) is 21.0. The van der Waals surface area contributed by atoms with Crippen LogP contribution in [0.15, 0.2) is 30.3 Å². The Labute approximate surface area is 161 Å². The highest BCUT2D eigenvalue weighted by molar-refractivity contribution is 5.55. The van der Waals surface area contributed by atoms with Crippen LogP contribution in [0.4, 0.5) is 0 Å². The number of nitrogens with two attached hydrogens (primary N) is 1. The molecule has 0 saturated carbocycles. The van der Waals surface area contributed by atoms with Crippen molar-refractivity contribution in [3.63, 3.8) is 0 Å². The molecule has 6 heteroatoms. The lowest BCUT2D eigenvalue weighted by Gasteiger charge is -2.14. The number of hydrogen-bond donors (Lipinski definition) is 2. The number of aromatic nitrogens is 2. The number of quaternary nitrogens is 1. The summed E-state index contributed by atoms with van der Waals surface area (Å²) >= 11 is 0. The van der Waals surface area contributed by atoms with E-state index in [4.69, 9.17) is 9.47 Å². The first-order valence-electron chi connectivity index (χ1n) is 9.47. The third-order valence-corrected chi connectivity index (χ3v) is 4.30. The van der Waals surface area contributed by atoms with E-state index < -0.39 is 6.10 Å². The predicted octanol–water partition coefficient (Wildman–Crippen LogP) is 1.94. The minimum absolute atomic E-state index is 0.243. The van der Waals surface area contributed by atoms with E-state index in [0.29, 0.717) is 18.0 Å². The van der Waals surface area contributed by atoms with Gasteiger partial charge in [0.1, 0.15) is 19.3 Å². The molecule has 0 aliphatic heterocycles. The van der Waals surface area contributed by atoms with Crippen LogP contribution in [0.2, 0.25) is 0 Å². The summed E-state index contributed by atoms with van der Waals surface area (Å²) in [5.74, 6) is 1.32. The fraction of sp³-hybridized carbons (Fsp3) is 0.476. The molecule has 2 rings (SSSR count). The first-order chi connectivity index (χ1) is 13.0. The Morgan fingerprint density at radius 2 is 2.07 bits per heavy atom. The summed E-state index contributed by atoms with van der Waals surface area (Å²) in [6, 6.07) is 7.85. The van der Waals surface area contributed by atoms with Crippen LogP contribution in [0.3, 0.4) is 0 Å². The van der Waals surface area contributed by atoms with E-state index in [1.54, 1.807) is 7.11 Å². The van der Waals surface area contributed by atoms with Crippen molar-refractivity contribution in [2.75, 3.05) is 26.8 Å². The fourth-order valence-electron chi connectivity index (χ4n) is 2.95. The molecule has 6 nitrogen and oxygen atoms in total. The van der Waals surface area contributed by atoms with Gasteiger partial charge in [-0.15, -0.1) is 0 Å². The normalized spacial score (nSPS) is 12.5. The Bertz CT molecular complexity index is 740. The van der Waals surface area contributed by atoms with Crippen molar-refractivity contribution in [2.45, 2.75) is 39.8 Å². The molecular weight excluding hydrogens is 342 g/mol. The fourth-order valence-corrected chi connectivity index (χ4v) is 2.95. The second-order valence-corrected chi connectivity index (χ2v) is 6.69. The second kappa shape index (κ2) is 10.7. The van der Waals surface area contributed by atoms with Crippen molar-refractivity contribution >= 4 is 6.08 Å². The molecule has 0 aliphatic rings. The SMILES string of the molecule is C/C=C/c1ccc(OC[C@@H](O)C[NH2+]CCCn2nc(C)cc2C)c(OC)c1. The molecule has 0 amide bonds. The van der Waals surface area contributed by atoms with Gasteiger partial charge in [0, 0.05) is 18.7 Å². The van der Waals surface area contributed by atoms with Gasteiger partial charge in [0.25, 0.3) is 0 Å². The zero-order chi connectivity index (χ0) is 19.6. The molecule has 1 aromatic carbocycles. The zero-order valence-electron chi connectivity index (χ0n) is 16.8. The number of aliphatic hydroxyl groups is 1. The lowest BCUT2D eigenvalue weighted by Crippen LogP contribution is -2.86. The monoisotopic (exact) mass is 374 g/mol. The van der Waals surface area contributed by atoms with Gasteiger partial charge in [-0.1, -0.05) is 18.2 Å². The second-order valence-electron chi connectivity index (χ2n) is 6.69. The molecule has 1 aromatic heterocycles. The van der Waals surface area contributed by atoms with E-state index in [1.807, 2.05) is 48.9 Å². The molecule has 0 radical (unpaired) electrons. The highest BCUT2D eigenvalue weighted by Crippen LogP contribution is 2.28. The van der Waals surface area contributed by atoms with E-state index in [9.17, 15) is 5.11 Å². The maximum absolute atomic E-state index is 10.2. The molecule has 2 aromatic rings. The lowest BCUT2D eigenvalue weighted by molar-refractivity contribution is -0.661. The molecule has 0 bridgehead atoms. The molecule has 1 heterocycles. The van der Waals surface area contributed by atoms with Gasteiger partial charge in [-0.25, -0.2) is 0 Å². The Kier molecular flexibility index (Phi) is 8.36. The van der Waals surface area contributed by atoms with Crippen molar-refractivity contribution in [2.24, 2.45) is 0 Å². The maximum atomic E-state index is 10.2. The number of nitrogens with zero attached hydrogens (tertiary/aromatic N) is 2. The highest BCUT2D eigenvalue weighted by atomic mass is 16.5. The van der Waals surface area contributed by atoms with Crippen LogP contribution < -0.4 is 14.8 Å². The highest BCUT2D eigenvalue weighted by Gasteiger charge is 2.11. The van der Waals surface area contributed by atoms with Crippen molar-refractivity contribution < 1.29 is 19.9 Å². The molecule has 3 N–H and O–H groups in total. The molecule has 0 saturated heterocycles. The molecule has 0 unspecified atom stereocenters. The zero-order valence-corrected chi connectivity index (χ0v) is 16.8. The predicted molar refractivity (Wildman–Crippen MR) is 107 cm³/mol. The number of allylic oxidation sites excluding steroid dienone is 1. The minimum Gasteiger partial charge on any atom is -0.493 e. The standard InChI is InChI=1S/C21H31N3O3/c1-5-7-18-8-9-20(21(13-18)26-4)27-15-19(25)14-22-10-6-11-24-17(3)12-16(2)23-24/h5,7-9,12-13,19,22,25H,6,10-11,14-15H2,1-4H3/p+1/b7-5+/t19-/m0/s1. The van der Waals surface area contributed by atoms with Crippen molar-refractivity contribution in [3.8, 4) is 11.5 Å². The molecular formula is C21H32N3O3+. The number of benzene rings is 1. The topological polar surface area (TPSA) is 73.1 Å². The molecule has 1 atom stereocenters. The third-order valence-electron chi connectivity index (χ3n) is 4.30. The number of aliphatic hydroxyl groups excluding tert-OH is 1. The summed E-state index contributed by atoms with van der Waals surface area (Å²) in [6.45, 7) is 8.75. The summed E-state index contributed by atoms with van der Waals surface area (Å²) in [6.07, 6.45) is 4.46. The quantitative estimate of drug-likeness (QED) is 0.590. The molecule has 148 valence electrons. The van der Waals surface area contributed by atoms with Gasteiger partial charge in [-0.05, 0) is 44.5 Å². The third kappa shape index (κ3) is 6.73. The Morgan fingerprint density at radius 1 is 1.26 bits per heavy atom. The van der Waals surface area contributed by atoms with Gasteiger partial charge < -0.3 is 19.9 Å². The number of aryl methyl sites for hydroxylation is 3. The Hall–Kier alpha value is -2.31. The summed E-state index contributed by atoms with van der Waals surface area (Å²) in [5.41, 5.74) is 3.30. The van der Waals surface area contributed by atoms with Crippen LogP contribution in [0, 0.1) is 13.8 Å². The van der Waals surface area contributed by atoms with Gasteiger partial charge in [-0.2, -0.15) is 5.10 Å². The largest absolute Gasteiger partial charge is 0.493 e. The van der Waals surface area contributed by atoms with Gasteiger partial charge in [0.2, 0.25) is 0 Å². The lowest BCUT2D eigenvalue weighted by atomic mass is 10.2. The first-order valence-corrected chi connectivity index (χ1v) is 9.47. The van der Waals surface area contributed by atoms with Crippen molar-refractivity contribution in [3.05, 3.63) is 47.3 Å². The van der Waals surface area contributed by atoms with Crippen LogP contribution in [-0.2, 0) is 6.54 Å². The van der Waals surface area contributed by atoms with E-state index in [2.05, 4.69) is 23.4 Å². The van der Waals surface area contributed by atoms with E-state index in [1.165, 1.54) is 5.69 Å². The molecule has 0 spiro atoms. The van der Waals surface area contributed by atoms with E-state index in [-0.39, 0.29) is 6.61 Å². The number of ether oxygens (including phenoxy) is 2. The maximum Gasteiger partial charge on any atom is 0.161 e. The number of methoxy groups -OCH3 is 1. The summed E-state index contributed by atoms with van der Waals surface area (Å²) in [4.78, 5) is 0. The van der Waals surface area contributed by atoms with Crippen molar-refractivity contribution in [1.29, 1.82) is 0 Å². The van der Waals surface area contributed by atoms with Gasteiger partial charge >= 0.3 is 0 Å². The van der Waals surface area contributed by atoms with Crippen LogP contribution in [-0.4, -0.2) is 47.8 Å². The Balaban J connectivity index is 1.68. The minimum atomic E-state index is -0.529. The van der Waals surface area contributed by atoms with Crippen molar-refractivity contribution in [1.82, 2.24) is 9.78 Å².